The summed E-state index contributed by atoms with van der Waals surface area (Å²) in [5.41, 5.74) is 5.17. The summed E-state index contributed by atoms with van der Waals surface area (Å²) in [5.74, 6) is -0.0996. The van der Waals surface area contributed by atoms with Crippen molar-refractivity contribution in [1.29, 1.82) is 0 Å². The van der Waals surface area contributed by atoms with Crippen molar-refractivity contribution in [2.45, 2.75) is 33.6 Å². The first-order chi connectivity index (χ1) is 16.4. The lowest BCUT2D eigenvalue weighted by atomic mass is 10.1. The molecule has 0 radical (unpaired) electrons. The number of benzene rings is 2. The summed E-state index contributed by atoms with van der Waals surface area (Å²) >= 11 is 6.58. The van der Waals surface area contributed by atoms with E-state index in [2.05, 4.69) is 48.0 Å². The van der Waals surface area contributed by atoms with Crippen LogP contribution in [0.2, 0.25) is 5.02 Å². The zero-order valence-corrected chi connectivity index (χ0v) is 20.3. The Morgan fingerprint density at radius 2 is 1.76 bits per heavy atom. The van der Waals surface area contributed by atoms with Gasteiger partial charge in [-0.2, -0.15) is 0 Å². The van der Waals surface area contributed by atoms with E-state index in [9.17, 15) is 9.90 Å². The second kappa shape index (κ2) is 10.2. The first kappa shape index (κ1) is 23.6. The van der Waals surface area contributed by atoms with Gasteiger partial charge in [0.2, 0.25) is 0 Å². The van der Waals surface area contributed by atoms with E-state index < -0.39 is 5.97 Å². The largest absolute Gasteiger partial charge is 0.478 e. The number of nitrogens with one attached hydrogen (secondary N) is 1. The minimum atomic E-state index is -0.990. The van der Waals surface area contributed by atoms with Gasteiger partial charge in [0.15, 0.2) is 5.88 Å². The van der Waals surface area contributed by atoms with Crippen LogP contribution >= 0.6 is 11.6 Å². The van der Waals surface area contributed by atoms with Crippen molar-refractivity contribution in [2.24, 2.45) is 0 Å². The van der Waals surface area contributed by atoms with Crippen molar-refractivity contribution in [2.75, 3.05) is 18.0 Å². The molecule has 0 bridgehead atoms. The van der Waals surface area contributed by atoms with Crippen LogP contribution in [0.5, 0.6) is 11.6 Å². The summed E-state index contributed by atoms with van der Waals surface area (Å²) in [6.07, 6.45) is 2.20. The monoisotopic (exact) mass is 477 g/mol. The highest BCUT2D eigenvalue weighted by Gasteiger charge is 2.14. The van der Waals surface area contributed by atoms with Crippen molar-refractivity contribution in [1.82, 2.24) is 9.97 Å². The molecule has 6 nitrogen and oxygen atoms in total. The van der Waals surface area contributed by atoms with Crippen LogP contribution in [0.25, 0.3) is 22.3 Å². The summed E-state index contributed by atoms with van der Waals surface area (Å²) in [6, 6.07) is 16.9. The van der Waals surface area contributed by atoms with Crippen LogP contribution in [0.15, 0.2) is 54.6 Å². The summed E-state index contributed by atoms with van der Waals surface area (Å²) in [5, 5.41) is 9.89. The molecule has 2 heterocycles. The zero-order valence-electron chi connectivity index (χ0n) is 19.6. The van der Waals surface area contributed by atoms with Gasteiger partial charge in [-0.1, -0.05) is 43.6 Å². The third kappa shape index (κ3) is 5.02. The lowest BCUT2D eigenvalue weighted by Crippen LogP contribution is -2.24. The Kier molecular flexibility index (Phi) is 7.08. The van der Waals surface area contributed by atoms with Crippen LogP contribution in [0.3, 0.4) is 0 Å². The molecule has 0 unspecified atom stereocenters. The second-order valence-electron chi connectivity index (χ2n) is 8.30. The summed E-state index contributed by atoms with van der Waals surface area (Å²) in [6.45, 7) is 8.18. The molecule has 4 aromatic rings. The van der Waals surface area contributed by atoms with Gasteiger partial charge in [-0.25, -0.2) is 9.78 Å². The molecule has 0 fully saturated rings. The molecular weight excluding hydrogens is 450 g/mol. The van der Waals surface area contributed by atoms with E-state index >= 15 is 0 Å². The van der Waals surface area contributed by atoms with E-state index in [1.165, 1.54) is 11.8 Å². The van der Waals surface area contributed by atoms with Crippen LogP contribution in [0, 0.1) is 6.92 Å². The number of pyridine rings is 1. The summed E-state index contributed by atoms with van der Waals surface area (Å²) in [7, 11) is 0. The lowest BCUT2D eigenvalue weighted by molar-refractivity contribution is 0.0695. The fraction of sp³-hybridized carbons (Fsp3) is 0.259. The molecule has 176 valence electrons. The highest BCUT2D eigenvalue weighted by molar-refractivity contribution is 6.33. The molecular formula is C27H28ClN3O3. The number of carboxylic acids is 1. The third-order valence-electron chi connectivity index (χ3n) is 5.69. The van der Waals surface area contributed by atoms with E-state index in [1.807, 2.05) is 6.07 Å². The number of aromatic carboxylic acids is 1. The minimum absolute atomic E-state index is 0.206. The number of aryl methyl sites for hydroxylation is 1. The highest BCUT2D eigenvalue weighted by atomic mass is 35.5. The van der Waals surface area contributed by atoms with Gasteiger partial charge in [0, 0.05) is 30.4 Å². The van der Waals surface area contributed by atoms with E-state index in [-0.39, 0.29) is 5.56 Å². The number of rotatable bonds is 9. The van der Waals surface area contributed by atoms with Gasteiger partial charge < -0.3 is 19.7 Å². The number of halogens is 1. The van der Waals surface area contributed by atoms with Crippen LogP contribution < -0.4 is 9.64 Å². The molecule has 0 aliphatic rings. The van der Waals surface area contributed by atoms with E-state index in [0.717, 1.165) is 37.0 Å². The van der Waals surface area contributed by atoms with E-state index in [1.54, 1.807) is 25.1 Å². The number of carbonyl (C=O) groups is 1. The van der Waals surface area contributed by atoms with Gasteiger partial charge in [0.05, 0.1) is 27.3 Å². The van der Waals surface area contributed by atoms with Gasteiger partial charge in [-0.15, -0.1) is 0 Å². The van der Waals surface area contributed by atoms with Crippen LogP contribution in [0.1, 0.15) is 42.6 Å². The first-order valence-corrected chi connectivity index (χ1v) is 11.8. The van der Waals surface area contributed by atoms with Crippen molar-refractivity contribution in [3.63, 3.8) is 0 Å². The lowest BCUT2D eigenvalue weighted by Gasteiger charge is -2.24. The van der Waals surface area contributed by atoms with Gasteiger partial charge >= 0.3 is 5.97 Å². The smallest absolute Gasteiger partial charge is 0.336 e. The minimum Gasteiger partial charge on any atom is -0.478 e. The molecule has 0 aliphatic carbocycles. The number of H-pyrrole nitrogens is 1. The summed E-state index contributed by atoms with van der Waals surface area (Å²) < 4.78 is 5.88. The Morgan fingerprint density at radius 3 is 2.41 bits per heavy atom. The molecule has 2 N–H and O–H groups in total. The topological polar surface area (TPSA) is 78.5 Å². The number of ether oxygens (including phenoxy) is 1. The molecule has 2 aromatic heterocycles. The molecule has 34 heavy (non-hydrogen) atoms. The predicted octanol–water partition coefficient (Wildman–Crippen LogP) is 7.31. The van der Waals surface area contributed by atoms with Gasteiger partial charge in [0.25, 0.3) is 0 Å². The number of hydrogen-bond acceptors (Lipinski definition) is 4. The highest BCUT2D eigenvalue weighted by Crippen LogP contribution is 2.33. The standard InChI is InChI=1S/C27H28ClN3O3/c1-4-12-31(13-5-2)19-9-7-18(8-10-19)26-22(28)15-23-24(30-26)16-25(29-23)34-20-11-6-17(3)21(14-20)27(32)33/h6-11,14-16,29H,4-5,12-13H2,1-3H3,(H,32,33). The normalized spacial score (nSPS) is 11.1. The number of aromatic nitrogens is 2. The van der Waals surface area contributed by atoms with E-state index in [0.29, 0.717) is 33.4 Å². The Labute approximate surface area is 204 Å². The molecule has 0 amide bonds. The predicted molar refractivity (Wildman–Crippen MR) is 138 cm³/mol. The molecule has 0 saturated carbocycles. The fourth-order valence-electron chi connectivity index (χ4n) is 4.03. The quantitative estimate of drug-likeness (QED) is 0.264. The molecule has 7 heteroatoms. The first-order valence-electron chi connectivity index (χ1n) is 11.5. The number of hydrogen-bond donors (Lipinski definition) is 2. The summed E-state index contributed by atoms with van der Waals surface area (Å²) in [4.78, 5) is 21.7. The molecule has 0 atom stereocenters. The maximum Gasteiger partial charge on any atom is 0.336 e. The second-order valence-corrected chi connectivity index (χ2v) is 8.71. The third-order valence-corrected chi connectivity index (χ3v) is 5.98. The Balaban J connectivity index is 1.61. The molecule has 0 saturated heterocycles. The Morgan fingerprint density at radius 1 is 1.06 bits per heavy atom. The molecule has 2 aromatic carbocycles. The Hall–Kier alpha value is -3.51. The Bertz CT molecular complexity index is 1310. The van der Waals surface area contributed by atoms with Gasteiger partial charge in [-0.3, -0.25) is 0 Å². The zero-order chi connectivity index (χ0) is 24.2. The van der Waals surface area contributed by atoms with Gasteiger partial charge in [0.1, 0.15) is 5.75 Å². The average Bonchev–Trinajstić information content (AvgIpc) is 3.20. The van der Waals surface area contributed by atoms with Crippen molar-refractivity contribution < 1.29 is 14.6 Å². The van der Waals surface area contributed by atoms with Crippen molar-refractivity contribution in [3.8, 4) is 22.9 Å². The maximum absolute atomic E-state index is 11.4. The SMILES string of the molecule is CCCN(CCC)c1ccc(-c2nc3cc(Oc4ccc(C)c(C(=O)O)c4)[nH]c3cc2Cl)cc1. The van der Waals surface area contributed by atoms with Crippen LogP contribution in [0.4, 0.5) is 5.69 Å². The van der Waals surface area contributed by atoms with Crippen LogP contribution in [-0.2, 0) is 0 Å². The number of aromatic amines is 1. The fourth-order valence-corrected chi connectivity index (χ4v) is 4.29. The number of nitrogens with zero attached hydrogens (tertiary/aromatic N) is 2. The maximum atomic E-state index is 11.4. The number of fused-ring (bicyclic) bond motifs is 1. The van der Waals surface area contributed by atoms with E-state index in [4.69, 9.17) is 21.3 Å². The van der Waals surface area contributed by atoms with Gasteiger partial charge in [-0.05, 0) is 55.7 Å². The van der Waals surface area contributed by atoms with Crippen molar-refractivity contribution in [3.05, 3.63) is 70.7 Å². The van der Waals surface area contributed by atoms with Crippen LogP contribution in [-0.4, -0.2) is 34.1 Å². The molecule has 4 rings (SSSR count). The van der Waals surface area contributed by atoms with Crippen molar-refractivity contribution >= 4 is 34.3 Å². The average molecular weight is 478 g/mol. The number of carboxylic acid groups (broad SMARTS) is 1. The molecule has 0 spiro atoms. The number of anilines is 1. The molecule has 0 aliphatic heterocycles.